The molecule has 92 valence electrons. The van der Waals surface area contributed by atoms with Crippen LogP contribution in [0, 0.1) is 0 Å². The fourth-order valence-electron chi connectivity index (χ4n) is 1.90. The second-order valence-electron chi connectivity index (χ2n) is 4.29. The summed E-state index contributed by atoms with van der Waals surface area (Å²) < 4.78 is 0. The lowest BCUT2D eigenvalue weighted by Crippen LogP contribution is -2.24. The van der Waals surface area contributed by atoms with E-state index in [1.165, 1.54) is 24.7 Å². The average Bonchev–Trinajstić information content (AvgIpc) is 2.78. The number of amides is 1. The number of rotatable bonds is 3. The summed E-state index contributed by atoms with van der Waals surface area (Å²) in [5.74, 6) is 1.14. The lowest BCUT2D eigenvalue weighted by Gasteiger charge is -2.13. The number of carbonyl (C=O) groups is 1. The van der Waals surface area contributed by atoms with Crippen LogP contribution < -0.4 is 10.6 Å². The first-order chi connectivity index (χ1) is 8.19. The van der Waals surface area contributed by atoms with Gasteiger partial charge in [0.15, 0.2) is 0 Å². The first-order valence-corrected chi connectivity index (χ1v) is 6.99. The van der Waals surface area contributed by atoms with Crippen molar-refractivity contribution in [1.29, 1.82) is 0 Å². The molecule has 1 heterocycles. The van der Waals surface area contributed by atoms with Crippen LogP contribution in [-0.4, -0.2) is 17.7 Å². The fraction of sp³-hybridized carbons (Fsp3) is 0.462. The molecule has 0 aromatic heterocycles. The third-order valence-electron chi connectivity index (χ3n) is 2.88. The second-order valence-corrected chi connectivity index (χ2v) is 5.43. The number of thioether (sulfide) groups is 1. The van der Waals surface area contributed by atoms with Crippen LogP contribution in [-0.2, 0) is 4.79 Å². The molecule has 2 unspecified atom stereocenters. The van der Waals surface area contributed by atoms with Gasteiger partial charge in [0.25, 0.3) is 0 Å². The summed E-state index contributed by atoms with van der Waals surface area (Å²) in [5, 5.41) is 6.76. The number of benzene rings is 1. The van der Waals surface area contributed by atoms with Crippen LogP contribution in [0.4, 0.5) is 5.69 Å². The lowest BCUT2D eigenvalue weighted by atomic mass is 10.2. The van der Waals surface area contributed by atoms with Crippen molar-refractivity contribution in [2.24, 2.45) is 0 Å². The number of anilines is 1. The number of carbonyl (C=O) groups excluding carboxylic acids is 1. The molecule has 2 atom stereocenters. The van der Waals surface area contributed by atoms with Crippen LogP contribution in [0.25, 0.3) is 0 Å². The molecule has 3 nitrogen and oxygen atoms in total. The van der Waals surface area contributed by atoms with E-state index in [2.05, 4.69) is 29.7 Å². The predicted octanol–water partition coefficient (Wildman–Crippen LogP) is 2.76. The van der Waals surface area contributed by atoms with E-state index >= 15 is 0 Å². The van der Waals surface area contributed by atoms with E-state index in [1.54, 1.807) is 0 Å². The summed E-state index contributed by atoms with van der Waals surface area (Å²) in [6, 6.07) is 8.69. The number of hydrogen-bond donors (Lipinski definition) is 2. The summed E-state index contributed by atoms with van der Waals surface area (Å²) in [6.07, 6.45) is 1.17. The van der Waals surface area contributed by atoms with Gasteiger partial charge in [0.05, 0.1) is 5.37 Å². The molecule has 0 bridgehead atoms. The fourth-order valence-corrected chi connectivity index (χ4v) is 3.29. The molecule has 1 saturated heterocycles. The first kappa shape index (κ1) is 12.5. The minimum atomic E-state index is -0.0304. The Morgan fingerprint density at radius 3 is 2.71 bits per heavy atom. The van der Waals surface area contributed by atoms with Crippen molar-refractivity contribution in [2.45, 2.75) is 31.7 Å². The van der Waals surface area contributed by atoms with Gasteiger partial charge in [-0.2, -0.15) is 0 Å². The van der Waals surface area contributed by atoms with Crippen LogP contribution in [0.1, 0.15) is 31.2 Å². The molecule has 1 aliphatic heterocycles. The molecule has 0 aliphatic carbocycles. The van der Waals surface area contributed by atoms with Gasteiger partial charge < -0.3 is 5.32 Å². The maximum Gasteiger partial charge on any atom is 0.221 e. The van der Waals surface area contributed by atoms with Crippen LogP contribution in [0.3, 0.4) is 0 Å². The van der Waals surface area contributed by atoms with Crippen LogP contribution in [0.15, 0.2) is 24.3 Å². The van der Waals surface area contributed by atoms with Gasteiger partial charge in [-0.3, -0.25) is 10.1 Å². The van der Waals surface area contributed by atoms with E-state index < -0.39 is 0 Å². The highest BCUT2D eigenvalue weighted by molar-refractivity contribution is 7.99. The zero-order valence-corrected chi connectivity index (χ0v) is 11.0. The largest absolute Gasteiger partial charge is 0.326 e. The van der Waals surface area contributed by atoms with Gasteiger partial charge in [-0.15, -0.1) is 11.8 Å². The normalized spacial score (nSPS) is 23.6. The second kappa shape index (κ2) is 5.56. The van der Waals surface area contributed by atoms with Crippen molar-refractivity contribution in [2.75, 3.05) is 11.1 Å². The Kier molecular flexibility index (Phi) is 4.07. The van der Waals surface area contributed by atoms with Gasteiger partial charge in [0.2, 0.25) is 5.91 Å². The van der Waals surface area contributed by atoms with E-state index in [9.17, 15) is 4.79 Å². The lowest BCUT2D eigenvalue weighted by molar-refractivity contribution is -0.114. The number of hydrogen-bond acceptors (Lipinski definition) is 3. The van der Waals surface area contributed by atoms with E-state index in [0.717, 1.165) is 5.69 Å². The van der Waals surface area contributed by atoms with E-state index in [4.69, 9.17) is 0 Å². The summed E-state index contributed by atoms with van der Waals surface area (Å²) >= 11 is 1.95. The first-order valence-electron chi connectivity index (χ1n) is 5.94. The van der Waals surface area contributed by atoms with Gasteiger partial charge in [0, 0.05) is 24.4 Å². The SMILES string of the molecule is CCC1CSC(c2ccc(NC(C)=O)cc2)N1. The van der Waals surface area contributed by atoms with Gasteiger partial charge in [0.1, 0.15) is 0 Å². The molecule has 1 amide bonds. The van der Waals surface area contributed by atoms with Crippen molar-refractivity contribution in [3.63, 3.8) is 0 Å². The molecular weight excluding hydrogens is 232 g/mol. The standard InChI is InChI=1S/C13H18N2OS/c1-3-11-8-17-13(15-11)10-4-6-12(7-5-10)14-9(2)16/h4-7,11,13,15H,3,8H2,1-2H3,(H,14,16). The smallest absolute Gasteiger partial charge is 0.221 e. The Hall–Kier alpha value is -1.00. The zero-order chi connectivity index (χ0) is 12.3. The van der Waals surface area contributed by atoms with Gasteiger partial charge in [-0.05, 0) is 24.1 Å². The Labute approximate surface area is 106 Å². The molecule has 1 fully saturated rings. The monoisotopic (exact) mass is 250 g/mol. The highest BCUT2D eigenvalue weighted by Crippen LogP contribution is 2.33. The van der Waals surface area contributed by atoms with Gasteiger partial charge in [-0.25, -0.2) is 0 Å². The van der Waals surface area contributed by atoms with Crippen LogP contribution in [0.5, 0.6) is 0 Å². The molecule has 2 rings (SSSR count). The average molecular weight is 250 g/mol. The minimum absolute atomic E-state index is 0.0304. The molecule has 0 radical (unpaired) electrons. The van der Waals surface area contributed by atoms with Crippen molar-refractivity contribution in [3.8, 4) is 0 Å². The van der Waals surface area contributed by atoms with Crippen molar-refractivity contribution < 1.29 is 4.79 Å². The maximum atomic E-state index is 10.9. The van der Waals surface area contributed by atoms with E-state index in [1.807, 2.05) is 23.9 Å². The van der Waals surface area contributed by atoms with Crippen LogP contribution >= 0.6 is 11.8 Å². The minimum Gasteiger partial charge on any atom is -0.326 e. The Morgan fingerprint density at radius 1 is 1.47 bits per heavy atom. The summed E-state index contributed by atoms with van der Waals surface area (Å²) in [6.45, 7) is 3.73. The molecule has 1 aliphatic rings. The summed E-state index contributed by atoms with van der Waals surface area (Å²) in [4.78, 5) is 10.9. The van der Waals surface area contributed by atoms with Gasteiger partial charge >= 0.3 is 0 Å². The summed E-state index contributed by atoms with van der Waals surface area (Å²) in [5.41, 5.74) is 2.14. The molecule has 17 heavy (non-hydrogen) atoms. The van der Waals surface area contributed by atoms with Crippen molar-refractivity contribution in [1.82, 2.24) is 5.32 Å². The van der Waals surface area contributed by atoms with E-state index in [-0.39, 0.29) is 5.91 Å². The Morgan fingerprint density at radius 2 is 2.18 bits per heavy atom. The molecule has 2 N–H and O–H groups in total. The maximum absolute atomic E-state index is 10.9. The molecule has 4 heteroatoms. The third-order valence-corrected chi connectivity index (χ3v) is 4.21. The predicted molar refractivity (Wildman–Crippen MR) is 73.2 cm³/mol. The highest BCUT2D eigenvalue weighted by atomic mass is 32.2. The molecule has 0 spiro atoms. The molecule has 1 aromatic carbocycles. The molecule has 1 aromatic rings. The van der Waals surface area contributed by atoms with E-state index in [0.29, 0.717) is 11.4 Å². The van der Waals surface area contributed by atoms with Crippen molar-refractivity contribution >= 4 is 23.4 Å². The number of nitrogens with one attached hydrogen (secondary N) is 2. The summed E-state index contributed by atoms with van der Waals surface area (Å²) in [7, 11) is 0. The topological polar surface area (TPSA) is 41.1 Å². The molecular formula is C13H18N2OS. The third kappa shape index (κ3) is 3.23. The van der Waals surface area contributed by atoms with Crippen LogP contribution in [0.2, 0.25) is 0 Å². The molecule has 0 saturated carbocycles. The zero-order valence-electron chi connectivity index (χ0n) is 10.2. The quantitative estimate of drug-likeness (QED) is 0.866. The Balaban J connectivity index is 2.01. The highest BCUT2D eigenvalue weighted by Gasteiger charge is 2.23. The van der Waals surface area contributed by atoms with Gasteiger partial charge in [-0.1, -0.05) is 19.1 Å². The Bertz CT molecular complexity index is 391. The van der Waals surface area contributed by atoms with Crippen molar-refractivity contribution in [3.05, 3.63) is 29.8 Å².